The number of anilines is 1. The van der Waals surface area contributed by atoms with Gasteiger partial charge in [0.2, 0.25) is 11.7 Å². The van der Waals surface area contributed by atoms with Crippen molar-refractivity contribution < 1.29 is 18.7 Å². The summed E-state index contributed by atoms with van der Waals surface area (Å²) in [7, 11) is 1.55. The molecule has 0 radical (unpaired) electrons. The smallest absolute Gasteiger partial charge is 0.291 e. The van der Waals surface area contributed by atoms with Crippen molar-refractivity contribution in [3.8, 4) is 0 Å². The summed E-state index contributed by atoms with van der Waals surface area (Å²) in [5.41, 5.74) is 1.09. The molecule has 4 aromatic rings. The number of amides is 2. The predicted molar refractivity (Wildman–Crippen MR) is 122 cm³/mol. The van der Waals surface area contributed by atoms with Crippen LogP contribution in [0.2, 0.25) is 0 Å². The van der Waals surface area contributed by atoms with Crippen molar-refractivity contribution >= 4 is 39.2 Å². The first-order chi connectivity index (χ1) is 16.0. The number of rotatable bonds is 4. The molecular formula is C24H22N4O5. The van der Waals surface area contributed by atoms with E-state index in [2.05, 4.69) is 10.4 Å². The molecule has 3 heterocycles. The Morgan fingerprint density at radius 3 is 2.42 bits per heavy atom. The van der Waals surface area contributed by atoms with Gasteiger partial charge in [0.05, 0.1) is 30.7 Å². The lowest BCUT2D eigenvalue weighted by molar-refractivity contribution is -0.115. The van der Waals surface area contributed by atoms with Gasteiger partial charge in [-0.1, -0.05) is 30.3 Å². The molecule has 1 N–H and O–H groups in total. The number of fused-ring (bicyclic) bond motifs is 2. The molecule has 2 amide bonds. The number of benzene rings is 2. The van der Waals surface area contributed by atoms with E-state index in [-0.39, 0.29) is 29.6 Å². The Kier molecular flexibility index (Phi) is 5.39. The van der Waals surface area contributed by atoms with E-state index in [1.165, 1.54) is 4.68 Å². The van der Waals surface area contributed by atoms with E-state index in [1.54, 1.807) is 54.4 Å². The van der Waals surface area contributed by atoms with Crippen LogP contribution in [0.5, 0.6) is 0 Å². The third kappa shape index (κ3) is 3.87. The number of aryl methyl sites for hydroxylation is 1. The van der Waals surface area contributed by atoms with Gasteiger partial charge in [0.1, 0.15) is 11.3 Å². The molecule has 1 aliphatic heterocycles. The predicted octanol–water partition coefficient (Wildman–Crippen LogP) is 2.33. The number of para-hydroxylation sites is 1. The molecule has 2 aromatic heterocycles. The zero-order valence-corrected chi connectivity index (χ0v) is 18.0. The average Bonchev–Trinajstić information content (AvgIpc) is 3.20. The maximum Gasteiger partial charge on any atom is 0.291 e. The highest BCUT2D eigenvalue weighted by Gasteiger charge is 2.27. The lowest BCUT2D eigenvalue weighted by atomic mass is 10.1. The molecule has 9 heteroatoms. The zero-order chi connectivity index (χ0) is 22.9. The Morgan fingerprint density at radius 2 is 1.67 bits per heavy atom. The van der Waals surface area contributed by atoms with E-state index in [0.717, 1.165) is 0 Å². The Labute approximate surface area is 188 Å². The first-order valence-electron chi connectivity index (χ1n) is 10.7. The van der Waals surface area contributed by atoms with E-state index >= 15 is 0 Å². The molecular weight excluding hydrogens is 424 g/mol. The number of nitrogens with zero attached hydrogens (tertiary/aromatic N) is 3. The Morgan fingerprint density at radius 1 is 1.00 bits per heavy atom. The molecule has 0 spiro atoms. The normalized spacial score (nSPS) is 14.0. The molecule has 9 nitrogen and oxygen atoms in total. The van der Waals surface area contributed by atoms with Crippen LogP contribution in [0.15, 0.2) is 57.7 Å². The second kappa shape index (κ2) is 8.51. The Bertz CT molecular complexity index is 1430. The van der Waals surface area contributed by atoms with Crippen molar-refractivity contribution in [3.05, 3.63) is 70.3 Å². The van der Waals surface area contributed by atoms with Crippen LogP contribution < -0.4 is 10.9 Å². The van der Waals surface area contributed by atoms with Gasteiger partial charge < -0.3 is 19.4 Å². The number of aromatic nitrogens is 2. The quantitative estimate of drug-likeness (QED) is 0.516. The lowest BCUT2D eigenvalue weighted by Crippen LogP contribution is -2.40. The second-order valence-electron chi connectivity index (χ2n) is 7.85. The highest BCUT2D eigenvalue weighted by atomic mass is 16.5. The minimum atomic E-state index is -0.367. The van der Waals surface area contributed by atoms with E-state index in [9.17, 15) is 14.4 Å². The Hall–Kier alpha value is -3.98. The minimum Gasteiger partial charge on any atom is -0.449 e. The number of furan rings is 1. The van der Waals surface area contributed by atoms with Crippen molar-refractivity contribution in [2.24, 2.45) is 7.05 Å². The van der Waals surface area contributed by atoms with Crippen LogP contribution in [0.25, 0.3) is 21.7 Å². The molecule has 0 atom stereocenters. The largest absolute Gasteiger partial charge is 0.449 e. The summed E-state index contributed by atoms with van der Waals surface area (Å²) in [4.78, 5) is 40.3. The standard InChI is InChI=1S/C24H22N4O5/c1-27-23(30)16-7-3-2-6-15(16)18(26-27)14-20(29)25-21-17-8-4-5-9-19(17)33-22(21)24(31)28-10-12-32-13-11-28/h2-9H,10-14H2,1H3,(H,25,29). The van der Waals surface area contributed by atoms with Gasteiger partial charge in [-0.15, -0.1) is 0 Å². The fourth-order valence-corrected chi connectivity index (χ4v) is 4.07. The van der Waals surface area contributed by atoms with Crippen LogP contribution in [0, 0.1) is 0 Å². The average molecular weight is 446 g/mol. The van der Waals surface area contributed by atoms with Crippen molar-refractivity contribution in [1.82, 2.24) is 14.7 Å². The highest BCUT2D eigenvalue weighted by Crippen LogP contribution is 2.32. The number of morpholine rings is 1. The zero-order valence-electron chi connectivity index (χ0n) is 18.0. The molecule has 1 fully saturated rings. The molecule has 0 unspecified atom stereocenters. The summed E-state index contributed by atoms with van der Waals surface area (Å²) in [6.45, 7) is 1.83. The number of hydrogen-bond acceptors (Lipinski definition) is 6. The van der Waals surface area contributed by atoms with Crippen LogP contribution in [-0.2, 0) is 23.0 Å². The van der Waals surface area contributed by atoms with Crippen molar-refractivity contribution in [3.63, 3.8) is 0 Å². The van der Waals surface area contributed by atoms with E-state index < -0.39 is 0 Å². The van der Waals surface area contributed by atoms with Crippen molar-refractivity contribution in [1.29, 1.82) is 0 Å². The number of carbonyl (C=O) groups excluding carboxylic acids is 2. The van der Waals surface area contributed by atoms with Gasteiger partial charge >= 0.3 is 0 Å². The summed E-state index contributed by atoms with van der Waals surface area (Å²) in [5.74, 6) is -0.575. The number of carbonyl (C=O) groups is 2. The van der Waals surface area contributed by atoms with Gasteiger partial charge in [0, 0.05) is 30.9 Å². The monoisotopic (exact) mass is 446 g/mol. The third-order valence-corrected chi connectivity index (χ3v) is 5.71. The summed E-state index contributed by atoms with van der Waals surface area (Å²) in [6, 6.07) is 14.2. The number of nitrogens with one attached hydrogen (secondary N) is 1. The summed E-state index contributed by atoms with van der Waals surface area (Å²) >= 11 is 0. The molecule has 33 heavy (non-hydrogen) atoms. The maximum atomic E-state index is 13.2. The SMILES string of the molecule is Cn1nc(CC(=O)Nc2c(C(=O)N3CCOCC3)oc3ccccc23)c2ccccc2c1=O. The van der Waals surface area contributed by atoms with Gasteiger partial charge in [-0.05, 0) is 18.2 Å². The fourth-order valence-electron chi connectivity index (χ4n) is 4.07. The molecule has 2 aromatic carbocycles. The summed E-state index contributed by atoms with van der Waals surface area (Å²) < 4.78 is 12.4. The maximum absolute atomic E-state index is 13.2. The topological polar surface area (TPSA) is 107 Å². The molecule has 0 aliphatic carbocycles. The highest BCUT2D eigenvalue weighted by molar-refractivity contribution is 6.11. The van der Waals surface area contributed by atoms with Gasteiger partial charge in [0.25, 0.3) is 11.5 Å². The molecule has 1 aliphatic rings. The third-order valence-electron chi connectivity index (χ3n) is 5.71. The Balaban J connectivity index is 1.49. The van der Waals surface area contributed by atoms with Crippen molar-refractivity contribution in [2.45, 2.75) is 6.42 Å². The molecule has 0 bridgehead atoms. The van der Waals surface area contributed by atoms with Crippen LogP contribution in [0.1, 0.15) is 16.2 Å². The van der Waals surface area contributed by atoms with Crippen LogP contribution >= 0.6 is 0 Å². The molecule has 1 saturated heterocycles. The number of hydrogen-bond donors (Lipinski definition) is 1. The summed E-state index contributed by atoms with van der Waals surface area (Å²) in [5, 5.41) is 8.91. The first kappa shape index (κ1) is 20.9. The van der Waals surface area contributed by atoms with E-state index in [4.69, 9.17) is 9.15 Å². The van der Waals surface area contributed by atoms with Gasteiger partial charge in [-0.2, -0.15) is 5.10 Å². The van der Waals surface area contributed by atoms with Crippen LogP contribution in [-0.4, -0.2) is 52.8 Å². The van der Waals surface area contributed by atoms with E-state index in [1.807, 2.05) is 6.07 Å². The van der Waals surface area contributed by atoms with Crippen LogP contribution in [0.4, 0.5) is 5.69 Å². The number of ether oxygens (including phenoxy) is 1. The molecule has 5 rings (SSSR count). The van der Waals surface area contributed by atoms with Crippen LogP contribution in [0.3, 0.4) is 0 Å². The molecule has 168 valence electrons. The summed E-state index contributed by atoms with van der Waals surface area (Å²) in [6.07, 6.45) is -0.0701. The van der Waals surface area contributed by atoms with E-state index in [0.29, 0.717) is 59.4 Å². The first-order valence-corrected chi connectivity index (χ1v) is 10.7. The van der Waals surface area contributed by atoms with Gasteiger partial charge in [-0.25, -0.2) is 4.68 Å². The minimum absolute atomic E-state index is 0.0701. The lowest BCUT2D eigenvalue weighted by Gasteiger charge is -2.26. The fraction of sp³-hybridized carbons (Fsp3) is 0.250. The molecule has 0 saturated carbocycles. The van der Waals surface area contributed by atoms with Crippen molar-refractivity contribution in [2.75, 3.05) is 31.6 Å². The second-order valence-corrected chi connectivity index (χ2v) is 7.85. The van der Waals surface area contributed by atoms with Gasteiger partial charge in [-0.3, -0.25) is 14.4 Å². The van der Waals surface area contributed by atoms with Gasteiger partial charge in [0.15, 0.2) is 0 Å².